The molecule has 5 rings (SSSR count). The first-order chi connectivity index (χ1) is 16.4. The van der Waals surface area contributed by atoms with Crippen molar-refractivity contribution in [3.63, 3.8) is 0 Å². The van der Waals surface area contributed by atoms with Gasteiger partial charge in [0.25, 0.3) is 0 Å². The van der Waals surface area contributed by atoms with E-state index in [0.29, 0.717) is 62.5 Å². The van der Waals surface area contributed by atoms with Crippen LogP contribution in [0.4, 0.5) is 17.3 Å². The van der Waals surface area contributed by atoms with Gasteiger partial charge >= 0.3 is 0 Å². The molecule has 0 bridgehead atoms. The lowest BCUT2D eigenvalue weighted by molar-refractivity contribution is 0.171. The van der Waals surface area contributed by atoms with Crippen LogP contribution in [0.5, 0.6) is 11.5 Å². The first-order valence-electron chi connectivity index (χ1n) is 11.2. The van der Waals surface area contributed by atoms with Crippen LogP contribution in [0.1, 0.15) is 11.4 Å². The Bertz CT molecular complexity index is 1290. The van der Waals surface area contributed by atoms with E-state index in [9.17, 15) is 8.42 Å². The number of aromatic nitrogens is 2. The van der Waals surface area contributed by atoms with Gasteiger partial charge in [-0.25, -0.2) is 18.4 Å². The lowest BCUT2D eigenvalue weighted by Crippen LogP contribution is -2.49. The third kappa shape index (κ3) is 4.64. The van der Waals surface area contributed by atoms with Crippen LogP contribution < -0.4 is 19.7 Å². The zero-order valence-corrected chi connectivity index (χ0v) is 20.0. The first-order valence-corrected chi connectivity index (χ1v) is 12.7. The largest absolute Gasteiger partial charge is 0.486 e. The minimum absolute atomic E-state index is 0.215. The first kappa shape index (κ1) is 22.4. The van der Waals surface area contributed by atoms with E-state index in [0.717, 1.165) is 11.5 Å². The standard InChI is InChI=1S/C24H27N5O4S/c1-17-3-5-19(6-4-17)27-23-16-24(26-18(2)25-23)28-9-11-29(12-10-28)34(30,31)20-7-8-21-22(15-20)33-14-13-32-21/h3-8,15-16H,9-14H2,1-2H3,(H,25,26,27). The number of sulfonamides is 1. The van der Waals surface area contributed by atoms with Crippen molar-refractivity contribution in [2.45, 2.75) is 18.7 Å². The smallest absolute Gasteiger partial charge is 0.243 e. The number of nitrogens with one attached hydrogen (secondary N) is 1. The summed E-state index contributed by atoms with van der Waals surface area (Å²) in [6, 6.07) is 14.8. The van der Waals surface area contributed by atoms with Gasteiger partial charge in [0.05, 0.1) is 4.90 Å². The van der Waals surface area contributed by atoms with Crippen LogP contribution in [0.3, 0.4) is 0 Å². The van der Waals surface area contributed by atoms with Crippen LogP contribution >= 0.6 is 0 Å². The van der Waals surface area contributed by atoms with Crippen LogP contribution in [-0.2, 0) is 10.0 Å². The van der Waals surface area contributed by atoms with Gasteiger partial charge in [0.1, 0.15) is 30.7 Å². The molecule has 0 spiro atoms. The number of nitrogens with zero attached hydrogens (tertiary/aromatic N) is 4. The van der Waals surface area contributed by atoms with Gasteiger partial charge in [-0.15, -0.1) is 0 Å². The van der Waals surface area contributed by atoms with Gasteiger partial charge in [0, 0.05) is 44.0 Å². The Morgan fingerprint density at radius 3 is 2.29 bits per heavy atom. The molecule has 0 unspecified atom stereocenters. The highest BCUT2D eigenvalue weighted by atomic mass is 32.2. The van der Waals surface area contributed by atoms with Crippen molar-refractivity contribution in [3.05, 3.63) is 59.9 Å². The summed E-state index contributed by atoms with van der Waals surface area (Å²) in [5.74, 6) is 3.18. The normalized spacial score (nSPS) is 16.4. The lowest BCUT2D eigenvalue weighted by atomic mass is 10.2. The number of piperazine rings is 1. The highest BCUT2D eigenvalue weighted by molar-refractivity contribution is 7.89. The van der Waals surface area contributed by atoms with Crippen molar-refractivity contribution >= 4 is 27.3 Å². The topological polar surface area (TPSA) is 96.9 Å². The Morgan fingerprint density at radius 2 is 1.56 bits per heavy atom. The maximum absolute atomic E-state index is 13.2. The summed E-state index contributed by atoms with van der Waals surface area (Å²) < 4.78 is 39.0. The zero-order chi connectivity index (χ0) is 23.7. The number of aryl methyl sites for hydroxylation is 2. The Balaban J connectivity index is 1.28. The molecule has 34 heavy (non-hydrogen) atoms. The highest BCUT2D eigenvalue weighted by Gasteiger charge is 2.30. The Kier molecular flexibility index (Phi) is 6.01. The molecule has 2 aromatic carbocycles. The maximum Gasteiger partial charge on any atom is 0.243 e. The number of hydrogen-bond acceptors (Lipinski definition) is 8. The van der Waals surface area contributed by atoms with E-state index >= 15 is 0 Å². The van der Waals surface area contributed by atoms with Gasteiger partial charge in [-0.05, 0) is 38.1 Å². The van der Waals surface area contributed by atoms with Crippen molar-refractivity contribution in [1.29, 1.82) is 0 Å². The monoisotopic (exact) mass is 481 g/mol. The summed E-state index contributed by atoms with van der Waals surface area (Å²) >= 11 is 0. The molecule has 10 heteroatoms. The average molecular weight is 482 g/mol. The Labute approximate surface area is 199 Å². The predicted molar refractivity (Wildman–Crippen MR) is 130 cm³/mol. The molecular formula is C24H27N5O4S. The molecule has 2 aliphatic heterocycles. The highest BCUT2D eigenvalue weighted by Crippen LogP contribution is 2.33. The summed E-state index contributed by atoms with van der Waals surface area (Å²) in [4.78, 5) is 11.4. The van der Waals surface area contributed by atoms with Gasteiger partial charge < -0.3 is 19.7 Å². The molecule has 3 heterocycles. The molecule has 9 nitrogen and oxygen atoms in total. The molecule has 3 aromatic rings. The number of benzene rings is 2. The van der Waals surface area contributed by atoms with E-state index in [1.54, 1.807) is 18.2 Å². The molecule has 0 amide bonds. The van der Waals surface area contributed by atoms with Crippen LogP contribution in [0.15, 0.2) is 53.4 Å². The van der Waals surface area contributed by atoms with E-state index in [2.05, 4.69) is 20.2 Å². The fourth-order valence-electron chi connectivity index (χ4n) is 4.05. The Hall–Kier alpha value is -3.37. The van der Waals surface area contributed by atoms with E-state index in [4.69, 9.17) is 9.47 Å². The van der Waals surface area contributed by atoms with Crippen molar-refractivity contribution in [2.24, 2.45) is 0 Å². The van der Waals surface area contributed by atoms with E-state index in [-0.39, 0.29) is 4.90 Å². The molecule has 178 valence electrons. The lowest BCUT2D eigenvalue weighted by Gasteiger charge is -2.35. The van der Waals surface area contributed by atoms with E-state index < -0.39 is 10.0 Å². The van der Waals surface area contributed by atoms with Gasteiger partial charge in [0.15, 0.2) is 11.5 Å². The zero-order valence-electron chi connectivity index (χ0n) is 19.2. The number of rotatable bonds is 5. The number of hydrogen-bond donors (Lipinski definition) is 1. The second kappa shape index (κ2) is 9.11. The average Bonchev–Trinajstić information content (AvgIpc) is 2.85. The van der Waals surface area contributed by atoms with Gasteiger partial charge in [-0.1, -0.05) is 17.7 Å². The summed E-state index contributed by atoms with van der Waals surface area (Å²) in [7, 11) is -3.64. The molecule has 0 atom stereocenters. The number of fused-ring (bicyclic) bond motifs is 1. The van der Waals surface area contributed by atoms with Gasteiger partial charge in [-0.3, -0.25) is 0 Å². The number of ether oxygens (including phenoxy) is 2. The van der Waals surface area contributed by atoms with Crippen molar-refractivity contribution < 1.29 is 17.9 Å². The molecule has 2 aliphatic rings. The van der Waals surface area contributed by atoms with Gasteiger partial charge in [-0.2, -0.15) is 4.31 Å². The van der Waals surface area contributed by atoms with E-state index in [1.165, 1.54) is 9.87 Å². The Morgan fingerprint density at radius 1 is 0.853 bits per heavy atom. The third-order valence-electron chi connectivity index (χ3n) is 5.86. The number of anilines is 3. The van der Waals surface area contributed by atoms with Gasteiger partial charge in [0.2, 0.25) is 10.0 Å². The summed E-state index contributed by atoms with van der Waals surface area (Å²) in [5.41, 5.74) is 2.14. The third-order valence-corrected chi connectivity index (χ3v) is 7.76. The quantitative estimate of drug-likeness (QED) is 0.594. The molecule has 0 aliphatic carbocycles. The summed E-state index contributed by atoms with van der Waals surface area (Å²) in [6.07, 6.45) is 0. The van der Waals surface area contributed by atoms with E-state index in [1.807, 2.05) is 44.2 Å². The second-order valence-electron chi connectivity index (χ2n) is 8.35. The molecule has 1 N–H and O–H groups in total. The van der Waals surface area contributed by atoms with Crippen molar-refractivity contribution in [1.82, 2.24) is 14.3 Å². The van der Waals surface area contributed by atoms with Crippen LogP contribution in [0.2, 0.25) is 0 Å². The predicted octanol–water partition coefficient (Wildman–Crippen LogP) is 3.12. The SMILES string of the molecule is Cc1ccc(Nc2cc(N3CCN(S(=O)(=O)c4ccc5c(c4)OCCO5)CC3)nc(C)n2)cc1. The molecule has 0 saturated carbocycles. The molecule has 1 aromatic heterocycles. The van der Waals surface area contributed by atoms with Crippen molar-refractivity contribution in [2.75, 3.05) is 49.6 Å². The minimum atomic E-state index is -3.64. The second-order valence-corrected chi connectivity index (χ2v) is 10.3. The maximum atomic E-state index is 13.2. The molecular weight excluding hydrogens is 454 g/mol. The summed E-state index contributed by atoms with van der Waals surface area (Å²) in [5, 5.41) is 3.32. The molecule has 0 radical (unpaired) electrons. The van der Waals surface area contributed by atoms with Crippen LogP contribution in [-0.4, -0.2) is 62.1 Å². The minimum Gasteiger partial charge on any atom is -0.486 e. The van der Waals surface area contributed by atoms with Crippen molar-refractivity contribution in [3.8, 4) is 11.5 Å². The fraction of sp³-hybridized carbons (Fsp3) is 0.333. The summed E-state index contributed by atoms with van der Waals surface area (Å²) in [6.45, 7) is 6.56. The molecule has 1 fully saturated rings. The van der Waals surface area contributed by atoms with Crippen LogP contribution in [0.25, 0.3) is 0 Å². The molecule has 1 saturated heterocycles. The van der Waals surface area contributed by atoms with Crippen LogP contribution in [0, 0.1) is 13.8 Å². The fourth-order valence-corrected chi connectivity index (χ4v) is 5.49.